The fourth-order valence-corrected chi connectivity index (χ4v) is 4.62. The van der Waals surface area contributed by atoms with E-state index in [4.69, 9.17) is 10.5 Å². The standard InChI is InChI=1S/C23H23N3O3S/c24-21(27)20(17-9-5-2-6-10-17)25-22(28)19-15-18(16-7-3-1-4-8-16)23(30-19)26-11-13-29-14-12-26/h1-10,15,20H,11-14H2,(H2,24,27)(H,25,28). The fourth-order valence-electron chi connectivity index (χ4n) is 3.49. The molecule has 0 bridgehead atoms. The minimum absolute atomic E-state index is 0.315. The summed E-state index contributed by atoms with van der Waals surface area (Å²) in [5.74, 6) is -0.910. The lowest BCUT2D eigenvalue weighted by Gasteiger charge is -2.28. The predicted octanol–water partition coefficient (Wildman–Crippen LogP) is 3.21. The first-order valence-corrected chi connectivity index (χ1v) is 10.6. The van der Waals surface area contributed by atoms with Gasteiger partial charge in [0.1, 0.15) is 6.04 Å². The molecule has 1 saturated heterocycles. The van der Waals surface area contributed by atoms with Gasteiger partial charge in [0.15, 0.2) is 0 Å². The van der Waals surface area contributed by atoms with Gasteiger partial charge in [0.25, 0.3) is 5.91 Å². The molecule has 1 fully saturated rings. The van der Waals surface area contributed by atoms with Crippen LogP contribution in [0.25, 0.3) is 11.1 Å². The van der Waals surface area contributed by atoms with Crippen molar-refractivity contribution in [2.24, 2.45) is 5.73 Å². The quantitative estimate of drug-likeness (QED) is 0.640. The topological polar surface area (TPSA) is 84.7 Å². The maximum atomic E-state index is 13.1. The second kappa shape index (κ2) is 9.11. The van der Waals surface area contributed by atoms with Crippen LogP contribution in [-0.4, -0.2) is 38.1 Å². The van der Waals surface area contributed by atoms with Gasteiger partial charge < -0.3 is 20.7 Å². The molecule has 2 heterocycles. The average molecular weight is 422 g/mol. The van der Waals surface area contributed by atoms with E-state index in [9.17, 15) is 9.59 Å². The Kier molecular flexibility index (Phi) is 6.11. The number of thiophene rings is 1. The molecule has 7 heteroatoms. The highest BCUT2D eigenvalue weighted by Crippen LogP contribution is 2.39. The smallest absolute Gasteiger partial charge is 0.262 e. The molecule has 3 aromatic rings. The lowest BCUT2D eigenvalue weighted by Crippen LogP contribution is -2.37. The summed E-state index contributed by atoms with van der Waals surface area (Å²) >= 11 is 1.42. The van der Waals surface area contributed by atoms with Crippen LogP contribution in [-0.2, 0) is 9.53 Å². The van der Waals surface area contributed by atoms with E-state index in [1.807, 2.05) is 54.6 Å². The first kappa shape index (κ1) is 20.1. The van der Waals surface area contributed by atoms with Crippen molar-refractivity contribution in [3.63, 3.8) is 0 Å². The molecule has 3 N–H and O–H groups in total. The molecule has 30 heavy (non-hydrogen) atoms. The number of carbonyl (C=O) groups is 2. The summed E-state index contributed by atoms with van der Waals surface area (Å²) in [6.45, 7) is 2.86. The maximum absolute atomic E-state index is 13.1. The first-order valence-electron chi connectivity index (χ1n) is 9.80. The van der Waals surface area contributed by atoms with Crippen LogP contribution in [0.2, 0.25) is 0 Å². The van der Waals surface area contributed by atoms with Crippen molar-refractivity contribution in [1.29, 1.82) is 0 Å². The Balaban J connectivity index is 1.65. The van der Waals surface area contributed by atoms with Crippen molar-refractivity contribution >= 4 is 28.2 Å². The number of rotatable bonds is 6. The molecular weight excluding hydrogens is 398 g/mol. The van der Waals surface area contributed by atoms with Gasteiger partial charge in [0.05, 0.1) is 23.1 Å². The third-order valence-corrected chi connectivity index (χ3v) is 6.21. The minimum Gasteiger partial charge on any atom is -0.378 e. The molecule has 0 spiro atoms. The van der Waals surface area contributed by atoms with E-state index in [1.165, 1.54) is 11.3 Å². The number of anilines is 1. The number of benzene rings is 2. The Bertz CT molecular complexity index is 1010. The zero-order valence-corrected chi connectivity index (χ0v) is 17.2. The van der Waals surface area contributed by atoms with Gasteiger partial charge in [-0.05, 0) is 17.2 Å². The van der Waals surface area contributed by atoms with Crippen molar-refractivity contribution in [3.8, 4) is 11.1 Å². The van der Waals surface area contributed by atoms with Crippen molar-refractivity contribution < 1.29 is 14.3 Å². The number of hydrogen-bond donors (Lipinski definition) is 2. The van der Waals surface area contributed by atoms with Gasteiger partial charge in [-0.3, -0.25) is 9.59 Å². The van der Waals surface area contributed by atoms with E-state index in [-0.39, 0.29) is 5.91 Å². The summed E-state index contributed by atoms with van der Waals surface area (Å²) in [4.78, 5) is 27.8. The second-order valence-corrected chi connectivity index (χ2v) is 8.05. The number of amides is 2. The van der Waals surface area contributed by atoms with Gasteiger partial charge in [-0.15, -0.1) is 11.3 Å². The molecule has 1 unspecified atom stereocenters. The van der Waals surface area contributed by atoms with Gasteiger partial charge in [-0.1, -0.05) is 60.7 Å². The van der Waals surface area contributed by atoms with Crippen LogP contribution in [0.1, 0.15) is 21.3 Å². The minimum atomic E-state index is -0.882. The highest BCUT2D eigenvalue weighted by atomic mass is 32.1. The number of nitrogens with two attached hydrogens (primary N) is 1. The number of nitrogens with zero attached hydrogens (tertiary/aromatic N) is 1. The summed E-state index contributed by atoms with van der Waals surface area (Å²) < 4.78 is 5.48. The van der Waals surface area contributed by atoms with Gasteiger partial charge >= 0.3 is 0 Å². The summed E-state index contributed by atoms with van der Waals surface area (Å²) in [6.07, 6.45) is 0. The number of primary amides is 1. The van der Waals surface area contributed by atoms with Crippen LogP contribution in [0, 0.1) is 0 Å². The molecule has 4 rings (SSSR count). The van der Waals surface area contributed by atoms with Crippen molar-refractivity contribution in [2.75, 3.05) is 31.2 Å². The number of morpholine rings is 1. The van der Waals surface area contributed by atoms with E-state index < -0.39 is 11.9 Å². The molecule has 2 aromatic carbocycles. The summed E-state index contributed by atoms with van der Waals surface area (Å²) in [5.41, 5.74) is 8.27. The monoisotopic (exact) mass is 421 g/mol. The van der Waals surface area contributed by atoms with E-state index in [0.717, 1.165) is 29.2 Å². The molecule has 1 aliphatic rings. The van der Waals surface area contributed by atoms with Gasteiger partial charge in [0, 0.05) is 18.7 Å². The Labute approximate surface area is 179 Å². The molecule has 0 aliphatic carbocycles. The predicted molar refractivity (Wildman–Crippen MR) is 119 cm³/mol. The first-order chi connectivity index (χ1) is 14.6. The Morgan fingerprint density at radius 3 is 2.27 bits per heavy atom. The van der Waals surface area contributed by atoms with E-state index in [0.29, 0.717) is 23.7 Å². The molecule has 0 radical (unpaired) electrons. The lowest BCUT2D eigenvalue weighted by atomic mass is 10.1. The number of ether oxygens (including phenoxy) is 1. The molecule has 6 nitrogen and oxygen atoms in total. The van der Waals surface area contributed by atoms with Crippen molar-refractivity contribution in [1.82, 2.24) is 5.32 Å². The van der Waals surface area contributed by atoms with Crippen LogP contribution in [0.4, 0.5) is 5.00 Å². The SMILES string of the molecule is NC(=O)C(NC(=O)c1cc(-c2ccccc2)c(N2CCOCC2)s1)c1ccccc1. The Morgan fingerprint density at radius 2 is 1.63 bits per heavy atom. The normalized spacial score (nSPS) is 14.9. The third kappa shape index (κ3) is 4.37. The average Bonchev–Trinajstić information content (AvgIpc) is 3.24. The second-order valence-electron chi connectivity index (χ2n) is 7.01. The van der Waals surface area contributed by atoms with Gasteiger partial charge in [-0.25, -0.2) is 0 Å². The van der Waals surface area contributed by atoms with Gasteiger partial charge in [0.2, 0.25) is 5.91 Å². The molecule has 1 aliphatic heterocycles. The van der Waals surface area contributed by atoms with Crippen molar-refractivity contribution in [2.45, 2.75) is 6.04 Å². The number of nitrogens with one attached hydrogen (secondary N) is 1. The van der Waals surface area contributed by atoms with Crippen LogP contribution in [0.15, 0.2) is 66.7 Å². The molecule has 1 aromatic heterocycles. The highest BCUT2D eigenvalue weighted by Gasteiger charge is 2.25. The van der Waals surface area contributed by atoms with Crippen molar-refractivity contribution in [3.05, 3.63) is 77.2 Å². The zero-order valence-electron chi connectivity index (χ0n) is 16.4. The highest BCUT2D eigenvalue weighted by molar-refractivity contribution is 7.18. The van der Waals surface area contributed by atoms with E-state index in [2.05, 4.69) is 10.2 Å². The molecule has 0 saturated carbocycles. The molecular formula is C23H23N3O3S. The lowest BCUT2D eigenvalue weighted by molar-refractivity contribution is -0.120. The number of carbonyl (C=O) groups excluding carboxylic acids is 2. The largest absolute Gasteiger partial charge is 0.378 e. The zero-order chi connectivity index (χ0) is 20.9. The number of hydrogen-bond acceptors (Lipinski definition) is 5. The third-order valence-electron chi connectivity index (χ3n) is 5.01. The van der Waals surface area contributed by atoms with Gasteiger partial charge in [-0.2, -0.15) is 0 Å². The molecule has 154 valence electrons. The summed E-state index contributed by atoms with van der Waals surface area (Å²) in [7, 11) is 0. The van der Waals surface area contributed by atoms with Crippen LogP contribution in [0.3, 0.4) is 0 Å². The van der Waals surface area contributed by atoms with E-state index >= 15 is 0 Å². The van der Waals surface area contributed by atoms with Crippen LogP contribution < -0.4 is 16.0 Å². The molecule has 1 atom stereocenters. The molecule has 2 amide bonds. The fraction of sp³-hybridized carbons (Fsp3) is 0.217. The maximum Gasteiger partial charge on any atom is 0.262 e. The Hall–Kier alpha value is -3.16. The Morgan fingerprint density at radius 1 is 1.00 bits per heavy atom. The summed E-state index contributed by atoms with van der Waals surface area (Å²) in [6, 6.07) is 20.0. The van der Waals surface area contributed by atoms with Crippen LogP contribution >= 0.6 is 11.3 Å². The van der Waals surface area contributed by atoms with E-state index in [1.54, 1.807) is 12.1 Å². The summed E-state index contributed by atoms with van der Waals surface area (Å²) in [5, 5.41) is 3.83. The van der Waals surface area contributed by atoms with Crippen LogP contribution in [0.5, 0.6) is 0 Å².